The summed E-state index contributed by atoms with van der Waals surface area (Å²) >= 11 is 0. The Morgan fingerprint density at radius 3 is 2.53 bits per heavy atom. The second kappa shape index (κ2) is 6.37. The first-order chi connectivity index (χ1) is 9.13. The van der Waals surface area contributed by atoms with Gasteiger partial charge in [-0.3, -0.25) is 4.79 Å². The van der Waals surface area contributed by atoms with E-state index in [9.17, 15) is 9.59 Å². The maximum absolute atomic E-state index is 12.4. The van der Waals surface area contributed by atoms with Crippen molar-refractivity contribution in [3.63, 3.8) is 0 Å². The number of carbonyl (C=O) groups excluding carboxylic acids is 1. The van der Waals surface area contributed by atoms with E-state index in [2.05, 4.69) is 0 Å². The Morgan fingerprint density at radius 2 is 1.95 bits per heavy atom. The van der Waals surface area contributed by atoms with E-state index in [4.69, 9.17) is 9.84 Å². The minimum atomic E-state index is -0.901. The number of carboxylic acid groups (broad SMARTS) is 1. The first-order valence-corrected chi connectivity index (χ1v) is 7.32. The Morgan fingerprint density at radius 1 is 1.26 bits per heavy atom. The highest BCUT2D eigenvalue weighted by Gasteiger charge is 2.37. The molecule has 1 unspecified atom stereocenters. The molecule has 1 N–H and O–H groups in total. The predicted molar refractivity (Wildman–Crippen MR) is 69.8 cm³/mol. The summed E-state index contributed by atoms with van der Waals surface area (Å²) in [7, 11) is 0. The van der Waals surface area contributed by atoms with Gasteiger partial charge in [-0.2, -0.15) is 0 Å². The minimum absolute atomic E-state index is 0.140. The Labute approximate surface area is 113 Å². The molecule has 2 aliphatic rings. The van der Waals surface area contributed by atoms with Crippen molar-refractivity contribution in [1.82, 2.24) is 4.90 Å². The zero-order chi connectivity index (χ0) is 13.8. The molecular weight excluding hydrogens is 246 g/mol. The number of carboxylic acids is 1. The van der Waals surface area contributed by atoms with Crippen molar-refractivity contribution >= 4 is 11.9 Å². The van der Waals surface area contributed by atoms with Gasteiger partial charge in [0, 0.05) is 6.54 Å². The lowest BCUT2D eigenvalue weighted by Gasteiger charge is -2.28. The molecule has 0 radical (unpaired) electrons. The molecule has 1 aliphatic carbocycles. The van der Waals surface area contributed by atoms with Crippen LogP contribution >= 0.6 is 0 Å². The molecule has 5 nitrogen and oxygen atoms in total. The van der Waals surface area contributed by atoms with Crippen molar-refractivity contribution in [3.05, 3.63) is 0 Å². The molecular formula is C14H23NO4. The van der Waals surface area contributed by atoms with Crippen molar-refractivity contribution in [1.29, 1.82) is 0 Å². The smallest absolute Gasteiger partial charge is 0.326 e. The number of nitrogens with zero attached hydrogens (tertiary/aromatic N) is 1. The van der Waals surface area contributed by atoms with E-state index in [1.807, 2.05) is 6.92 Å². The summed E-state index contributed by atoms with van der Waals surface area (Å²) < 4.78 is 5.88. The second-order valence-electron chi connectivity index (χ2n) is 5.47. The summed E-state index contributed by atoms with van der Waals surface area (Å²) in [6, 6.07) is -0.659. The number of likely N-dealkylation sites (tertiary alicyclic amines) is 1. The molecule has 2 atom stereocenters. The SMILES string of the molecule is CCC(OC1CCCC1)C(=O)N1CCC[C@H]1C(=O)O. The maximum atomic E-state index is 12.4. The molecule has 1 heterocycles. The van der Waals surface area contributed by atoms with Gasteiger partial charge < -0.3 is 14.7 Å². The third-order valence-corrected chi connectivity index (χ3v) is 4.13. The first kappa shape index (κ1) is 14.3. The van der Waals surface area contributed by atoms with Crippen LogP contribution in [0.15, 0.2) is 0 Å². The summed E-state index contributed by atoms with van der Waals surface area (Å²) in [5.41, 5.74) is 0. The number of amides is 1. The molecule has 0 spiro atoms. The summed E-state index contributed by atoms with van der Waals surface area (Å²) in [6.07, 6.45) is 6.01. The standard InChI is InChI=1S/C14H23NO4/c1-2-12(19-10-6-3-4-7-10)13(16)15-9-5-8-11(15)14(17)18/h10-12H,2-9H2,1H3,(H,17,18)/t11-,12?/m0/s1. The fourth-order valence-electron chi connectivity index (χ4n) is 3.06. The fourth-order valence-corrected chi connectivity index (χ4v) is 3.06. The molecule has 1 amide bonds. The van der Waals surface area contributed by atoms with Crippen LogP contribution in [-0.2, 0) is 14.3 Å². The van der Waals surface area contributed by atoms with E-state index in [1.54, 1.807) is 0 Å². The second-order valence-corrected chi connectivity index (χ2v) is 5.47. The molecule has 5 heteroatoms. The lowest BCUT2D eigenvalue weighted by molar-refractivity contribution is -0.156. The van der Waals surface area contributed by atoms with Gasteiger partial charge in [0.25, 0.3) is 5.91 Å². The fraction of sp³-hybridized carbons (Fsp3) is 0.857. The van der Waals surface area contributed by atoms with E-state index in [1.165, 1.54) is 4.90 Å². The number of rotatable bonds is 5. The molecule has 1 aliphatic heterocycles. The van der Waals surface area contributed by atoms with Crippen LogP contribution in [0.2, 0.25) is 0 Å². The highest BCUT2D eigenvalue weighted by Crippen LogP contribution is 2.25. The average molecular weight is 269 g/mol. The van der Waals surface area contributed by atoms with Gasteiger partial charge >= 0.3 is 5.97 Å². The van der Waals surface area contributed by atoms with Crippen LogP contribution in [0.5, 0.6) is 0 Å². The van der Waals surface area contributed by atoms with Crippen LogP contribution in [0, 0.1) is 0 Å². The summed E-state index contributed by atoms with van der Waals surface area (Å²) in [5.74, 6) is -1.04. The Hall–Kier alpha value is -1.10. The largest absolute Gasteiger partial charge is 0.480 e. The third-order valence-electron chi connectivity index (χ3n) is 4.13. The molecule has 1 saturated carbocycles. The highest BCUT2D eigenvalue weighted by molar-refractivity contribution is 5.87. The monoisotopic (exact) mass is 269 g/mol. The quantitative estimate of drug-likeness (QED) is 0.826. The zero-order valence-corrected chi connectivity index (χ0v) is 11.5. The van der Waals surface area contributed by atoms with Crippen LogP contribution < -0.4 is 0 Å². The predicted octanol–water partition coefficient (Wildman–Crippen LogP) is 1.80. The Balaban J connectivity index is 1.96. The van der Waals surface area contributed by atoms with Gasteiger partial charge in [0.2, 0.25) is 0 Å². The van der Waals surface area contributed by atoms with E-state index in [0.29, 0.717) is 19.4 Å². The Kier molecular flexibility index (Phi) is 4.80. The van der Waals surface area contributed by atoms with Crippen LogP contribution in [0.1, 0.15) is 51.9 Å². The van der Waals surface area contributed by atoms with Crippen molar-refractivity contribution in [2.24, 2.45) is 0 Å². The average Bonchev–Trinajstić information content (AvgIpc) is 3.05. The van der Waals surface area contributed by atoms with Crippen molar-refractivity contribution < 1.29 is 19.4 Å². The van der Waals surface area contributed by atoms with Crippen molar-refractivity contribution in [3.8, 4) is 0 Å². The van der Waals surface area contributed by atoms with E-state index in [0.717, 1.165) is 32.1 Å². The van der Waals surface area contributed by atoms with Crippen molar-refractivity contribution in [2.45, 2.75) is 70.1 Å². The topological polar surface area (TPSA) is 66.8 Å². The molecule has 1 saturated heterocycles. The van der Waals surface area contributed by atoms with Gasteiger partial charge in [-0.1, -0.05) is 19.8 Å². The van der Waals surface area contributed by atoms with E-state index >= 15 is 0 Å². The molecule has 108 valence electrons. The van der Waals surface area contributed by atoms with E-state index < -0.39 is 18.1 Å². The van der Waals surface area contributed by atoms with Crippen LogP contribution in [0.25, 0.3) is 0 Å². The number of hydrogen-bond donors (Lipinski definition) is 1. The van der Waals surface area contributed by atoms with Gasteiger partial charge in [-0.05, 0) is 32.1 Å². The Bertz CT molecular complexity index is 338. The lowest BCUT2D eigenvalue weighted by Crippen LogP contribution is -2.46. The maximum Gasteiger partial charge on any atom is 0.326 e. The van der Waals surface area contributed by atoms with Gasteiger partial charge in [-0.15, -0.1) is 0 Å². The van der Waals surface area contributed by atoms with Crippen LogP contribution in [-0.4, -0.2) is 46.7 Å². The van der Waals surface area contributed by atoms with E-state index in [-0.39, 0.29) is 12.0 Å². The third kappa shape index (κ3) is 3.26. The molecule has 0 aromatic rings. The number of hydrogen-bond acceptors (Lipinski definition) is 3. The minimum Gasteiger partial charge on any atom is -0.480 e. The number of aliphatic carboxylic acids is 1. The van der Waals surface area contributed by atoms with Crippen molar-refractivity contribution in [2.75, 3.05) is 6.54 Å². The normalized spacial score (nSPS) is 25.7. The lowest BCUT2D eigenvalue weighted by atomic mass is 10.2. The van der Waals surface area contributed by atoms with Gasteiger partial charge in [-0.25, -0.2) is 4.79 Å². The molecule has 0 aromatic heterocycles. The van der Waals surface area contributed by atoms with Gasteiger partial charge in [0.1, 0.15) is 12.1 Å². The van der Waals surface area contributed by atoms with Gasteiger partial charge in [0.15, 0.2) is 0 Å². The summed E-state index contributed by atoms with van der Waals surface area (Å²) in [4.78, 5) is 25.0. The molecule has 19 heavy (non-hydrogen) atoms. The van der Waals surface area contributed by atoms with Crippen LogP contribution in [0.3, 0.4) is 0 Å². The molecule has 2 fully saturated rings. The molecule has 2 rings (SSSR count). The molecule has 0 aromatic carbocycles. The highest BCUT2D eigenvalue weighted by atomic mass is 16.5. The number of carbonyl (C=O) groups is 2. The number of ether oxygens (including phenoxy) is 1. The zero-order valence-electron chi connectivity index (χ0n) is 11.5. The summed E-state index contributed by atoms with van der Waals surface area (Å²) in [5, 5.41) is 9.14. The first-order valence-electron chi connectivity index (χ1n) is 7.32. The van der Waals surface area contributed by atoms with Crippen LogP contribution in [0.4, 0.5) is 0 Å². The molecule has 0 bridgehead atoms. The summed E-state index contributed by atoms with van der Waals surface area (Å²) in [6.45, 7) is 2.46. The van der Waals surface area contributed by atoms with Gasteiger partial charge in [0.05, 0.1) is 6.10 Å².